The minimum absolute atomic E-state index is 0.0679. The summed E-state index contributed by atoms with van der Waals surface area (Å²) in [6.07, 6.45) is 7.59. The van der Waals surface area contributed by atoms with Gasteiger partial charge in [0.05, 0.1) is 12.2 Å². The highest BCUT2D eigenvalue weighted by molar-refractivity contribution is 5.91. The molecule has 0 amide bonds. The maximum atomic E-state index is 14.9. The molecule has 0 spiro atoms. The highest BCUT2D eigenvalue weighted by atomic mass is 19.2. The molecule has 6 heteroatoms. The quantitative estimate of drug-likeness (QED) is 0.188. The Morgan fingerprint density at radius 1 is 0.917 bits per heavy atom. The van der Waals surface area contributed by atoms with Gasteiger partial charge in [0.15, 0.2) is 11.6 Å². The number of benzene rings is 3. The zero-order valence-electron chi connectivity index (χ0n) is 20.4. The van der Waals surface area contributed by atoms with E-state index in [2.05, 4.69) is 6.08 Å². The van der Waals surface area contributed by atoms with Crippen LogP contribution in [0.5, 0.6) is 11.5 Å². The standard InChI is InChI=1S/C30H29F3O3/c1-3-5-19-6-8-21(9-7-19)25-16-17-26(29(33)28(25)32)30(34)36-22-12-10-20(11-13-22)24-15-14-23(35-4-2)18-27(24)31/h3,5,10-19,21H,4,6-9H2,1-2H3/b5-3+. The second-order valence-electron chi connectivity index (χ2n) is 8.96. The number of carbonyl (C=O) groups excluding carboxylic acids is 1. The molecule has 1 fully saturated rings. The predicted molar refractivity (Wildman–Crippen MR) is 134 cm³/mol. The van der Waals surface area contributed by atoms with E-state index in [1.807, 2.05) is 19.9 Å². The van der Waals surface area contributed by atoms with Gasteiger partial charge in [-0.25, -0.2) is 18.0 Å². The summed E-state index contributed by atoms with van der Waals surface area (Å²) < 4.78 is 54.8. The average molecular weight is 495 g/mol. The monoisotopic (exact) mass is 494 g/mol. The number of esters is 1. The summed E-state index contributed by atoms with van der Waals surface area (Å²) in [5.74, 6) is -2.63. The van der Waals surface area contributed by atoms with E-state index in [-0.39, 0.29) is 11.7 Å². The summed E-state index contributed by atoms with van der Waals surface area (Å²) in [4.78, 5) is 12.6. The van der Waals surface area contributed by atoms with Gasteiger partial charge in [-0.05, 0) is 92.8 Å². The topological polar surface area (TPSA) is 35.5 Å². The lowest BCUT2D eigenvalue weighted by molar-refractivity contribution is 0.0728. The van der Waals surface area contributed by atoms with Crippen LogP contribution >= 0.6 is 0 Å². The van der Waals surface area contributed by atoms with Crippen LogP contribution in [0.3, 0.4) is 0 Å². The Morgan fingerprint density at radius 2 is 1.61 bits per heavy atom. The Bertz CT molecular complexity index is 1240. The van der Waals surface area contributed by atoms with Gasteiger partial charge in [-0.1, -0.05) is 30.4 Å². The summed E-state index contributed by atoms with van der Waals surface area (Å²) in [5.41, 5.74) is 0.783. The molecule has 1 aliphatic rings. The maximum absolute atomic E-state index is 14.9. The zero-order chi connectivity index (χ0) is 25.7. The van der Waals surface area contributed by atoms with Gasteiger partial charge in [-0.15, -0.1) is 0 Å². The van der Waals surface area contributed by atoms with Crippen molar-refractivity contribution in [1.82, 2.24) is 0 Å². The summed E-state index contributed by atoms with van der Waals surface area (Å²) in [7, 11) is 0. The molecule has 36 heavy (non-hydrogen) atoms. The van der Waals surface area contributed by atoms with Gasteiger partial charge in [0, 0.05) is 11.6 Å². The van der Waals surface area contributed by atoms with E-state index < -0.39 is 29.0 Å². The minimum Gasteiger partial charge on any atom is -0.494 e. The summed E-state index contributed by atoms with van der Waals surface area (Å²) >= 11 is 0. The van der Waals surface area contributed by atoms with Crippen molar-refractivity contribution in [2.24, 2.45) is 5.92 Å². The Balaban J connectivity index is 1.45. The van der Waals surface area contributed by atoms with Gasteiger partial charge in [0.25, 0.3) is 0 Å². The maximum Gasteiger partial charge on any atom is 0.346 e. The molecule has 3 aromatic rings. The van der Waals surface area contributed by atoms with Crippen LogP contribution in [0.15, 0.2) is 66.7 Å². The average Bonchev–Trinajstić information content (AvgIpc) is 2.87. The number of carbonyl (C=O) groups is 1. The van der Waals surface area contributed by atoms with Crippen LogP contribution in [0.1, 0.15) is 61.4 Å². The predicted octanol–water partition coefficient (Wildman–Crippen LogP) is 8.24. The Hall–Kier alpha value is -3.54. The van der Waals surface area contributed by atoms with Crippen LogP contribution in [-0.4, -0.2) is 12.6 Å². The van der Waals surface area contributed by atoms with Gasteiger partial charge >= 0.3 is 5.97 Å². The lowest BCUT2D eigenvalue weighted by Crippen LogP contribution is -2.16. The fraction of sp³-hybridized carbons (Fsp3) is 0.300. The van der Waals surface area contributed by atoms with Crippen molar-refractivity contribution in [3.63, 3.8) is 0 Å². The van der Waals surface area contributed by atoms with Gasteiger partial charge in [-0.3, -0.25) is 0 Å². The largest absolute Gasteiger partial charge is 0.494 e. The first kappa shape index (κ1) is 25.5. The molecule has 0 unspecified atom stereocenters. The molecule has 3 aromatic carbocycles. The number of ether oxygens (including phenoxy) is 2. The minimum atomic E-state index is -1.19. The first-order chi connectivity index (χ1) is 17.4. The normalized spacial score (nSPS) is 17.8. The molecule has 0 bridgehead atoms. The van der Waals surface area contributed by atoms with Crippen LogP contribution in [0.4, 0.5) is 13.2 Å². The fourth-order valence-electron chi connectivity index (χ4n) is 4.78. The zero-order valence-corrected chi connectivity index (χ0v) is 20.4. The lowest BCUT2D eigenvalue weighted by Gasteiger charge is -2.27. The van der Waals surface area contributed by atoms with Gasteiger partial charge in [0.2, 0.25) is 0 Å². The molecule has 0 radical (unpaired) electrons. The van der Waals surface area contributed by atoms with E-state index in [0.717, 1.165) is 25.7 Å². The molecule has 0 aromatic heterocycles. The molecule has 4 rings (SSSR count). The summed E-state index contributed by atoms with van der Waals surface area (Å²) in [6.45, 7) is 4.23. The molecule has 0 N–H and O–H groups in total. The molecule has 3 nitrogen and oxygen atoms in total. The number of hydrogen-bond acceptors (Lipinski definition) is 3. The second kappa shape index (κ2) is 11.5. The first-order valence-electron chi connectivity index (χ1n) is 12.3. The van der Waals surface area contributed by atoms with Gasteiger partial charge in [-0.2, -0.15) is 0 Å². The van der Waals surface area contributed by atoms with E-state index in [1.165, 1.54) is 30.3 Å². The lowest BCUT2D eigenvalue weighted by atomic mass is 9.78. The molecule has 1 saturated carbocycles. The van der Waals surface area contributed by atoms with E-state index in [4.69, 9.17) is 9.47 Å². The number of halogens is 3. The first-order valence-corrected chi connectivity index (χ1v) is 12.3. The molecule has 0 aliphatic heterocycles. The molecule has 0 atom stereocenters. The van der Waals surface area contributed by atoms with Crippen LogP contribution in [0.25, 0.3) is 11.1 Å². The number of allylic oxidation sites excluding steroid dienone is 2. The third kappa shape index (κ3) is 5.64. The van der Waals surface area contributed by atoms with Crippen molar-refractivity contribution >= 4 is 5.97 Å². The SMILES string of the molecule is C/C=C/C1CCC(c2ccc(C(=O)Oc3ccc(-c4ccc(OCC)cc4F)cc3)c(F)c2F)CC1. The van der Waals surface area contributed by atoms with Crippen molar-refractivity contribution < 1.29 is 27.4 Å². The van der Waals surface area contributed by atoms with Crippen LogP contribution in [0.2, 0.25) is 0 Å². The third-order valence-corrected chi connectivity index (χ3v) is 6.64. The smallest absolute Gasteiger partial charge is 0.346 e. The van der Waals surface area contributed by atoms with Crippen LogP contribution in [0, 0.1) is 23.4 Å². The molecular formula is C30H29F3O3. The van der Waals surface area contributed by atoms with Crippen molar-refractivity contribution in [3.8, 4) is 22.6 Å². The number of hydrogen-bond donors (Lipinski definition) is 0. The van der Waals surface area contributed by atoms with E-state index in [0.29, 0.717) is 35.0 Å². The molecular weight excluding hydrogens is 465 g/mol. The molecule has 0 heterocycles. The fourth-order valence-corrected chi connectivity index (χ4v) is 4.78. The van der Waals surface area contributed by atoms with E-state index in [9.17, 15) is 18.0 Å². The second-order valence-corrected chi connectivity index (χ2v) is 8.96. The van der Waals surface area contributed by atoms with Crippen molar-refractivity contribution in [2.75, 3.05) is 6.61 Å². The highest BCUT2D eigenvalue weighted by Crippen LogP contribution is 2.38. The van der Waals surface area contributed by atoms with Crippen LogP contribution < -0.4 is 9.47 Å². The summed E-state index contributed by atoms with van der Waals surface area (Å²) in [6, 6.07) is 13.5. The van der Waals surface area contributed by atoms with Crippen molar-refractivity contribution in [1.29, 1.82) is 0 Å². The number of rotatable bonds is 7. The van der Waals surface area contributed by atoms with Gasteiger partial charge < -0.3 is 9.47 Å². The van der Waals surface area contributed by atoms with Crippen molar-refractivity contribution in [2.45, 2.75) is 45.4 Å². The van der Waals surface area contributed by atoms with Crippen LogP contribution in [-0.2, 0) is 0 Å². The Kier molecular flexibility index (Phi) is 8.14. The molecule has 0 saturated heterocycles. The summed E-state index contributed by atoms with van der Waals surface area (Å²) in [5, 5.41) is 0. The third-order valence-electron chi connectivity index (χ3n) is 6.64. The Labute approximate surface area is 209 Å². The van der Waals surface area contributed by atoms with E-state index >= 15 is 0 Å². The molecule has 188 valence electrons. The highest BCUT2D eigenvalue weighted by Gasteiger charge is 2.27. The molecule has 1 aliphatic carbocycles. The van der Waals surface area contributed by atoms with Crippen molar-refractivity contribution in [3.05, 3.63) is 95.3 Å². The Morgan fingerprint density at radius 3 is 2.25 bits per heavy atom. The van der Waals surface area contributed by atoms with E-state index in [1.54, 1.807) is 24.3 Å². The van der Waals surface area contributed by atoms with Gasteiger partial charge in [0.1, 0.15) is 17.3 Å².